The minimum atomic E-state index is -0.411. The molecule has 0 bridgehead atoms. The van der Waals surface area contributed by atoms with Gasteiger partial charge in [-0.15, -0.1) is 0 Å². The first kappa shape index (κ1) is 18.2. The monoisotopic (exact) mass is 390 g/mol. The van der Waals surface area contributed by atoms with Gasteiger partial charge in [-0.2, -0.15) is 0 Å². The average Bonchev–Trinajstić information content (AvgIpc) is 2.61. The van der Waals surface area contributed by atoms with Crippen LogP contribution in [0, 0.1) is 16.0 Å². The molecule has 0 heterocycles. The molecule has 0 aliphatic rings. The fourth-order valence-corrected chi connectivity index (χ4v) is 3.16. The van der Waals surface area contributed by atoms with Crippen molar-refractivity contribution in [1.82, 2.24) is 5.32 Å². The third-order valence-corrected chi connectivity index (χ3v) is 5.06. The third-order valence-electron chi connectivity index (χ3n) is 3.76. The van der Waals surface area contributed by atoms with E-state index in [1.807, 2.05) is 30.3 Å². The Bertz CT molecular complexity index is 728. The van der Waals surface area contributed by atoms with Gasteiger partial charge in [0, 0.05) is 0 Å². The minimum absolute atomic E-state index is 0.00720. The van der Waals surface area contributed by atoms with Gasteiger partial charge in [-0.05, 0) is 0 Å². The zero-order valence-corrected chi connectivity index (χ0v) is 15.2. The molecule has 0 spiro atoms. The van der Waals surface area contributed by atoms with Crippen LogP contribution < -0.4 is 5.32 Å². The van der Waals surface area contributed by atoms with Gasteiger partial charge in [-0.25, -0.2) is 0 Å². The predicted octanol–water partition coefficient (Wildman–Crippen LogP) is 3.71. The van der Waals surface area contributed by atoms with Crippen LogP contribution in [0.2, 0.25) is 5.32 Å². The molecule has 0 saturated heterocycles. The quantitative estimate of drug-likeness (QED) is 0.580. The standard InChI is InChI=1S/C19H19FN2OSe/c1-14(19(23)22-10-5-11-24-13-21)16-8-9-17(18(20)12-16)15-6-3-2-4-7-15/h2-4,6-9,12,14H,5,10-11H2,1H3,(H,22,23). The van der Waals surface area contributed by atoms with E-state index in [9.17, 15) is 9.18 Å². The second kappa shape index (κ2) is 9.22. The van der Waals surface area contributed by atoms with Gasteiger partial charge in [0.25, 0.3) is 0 Å². The first-order valence-corrected chi connectivity index (χ1v) is 9.83. The summed E-state index contributed by atoms with van der Waals surface area (Å²) in [5.41, 5.74) is 2.01. The summed E-state index contributed by atoms with van der Waals surface area (Å²) >= 11 is -0.00720. The molecule has 124 valence electrons. The molecule has 5 heteroatoms. The van der Waals surface area contributed by atoms with Crippen molar-refractivity contribution in [3.8, 4) is 16.1 Å². The van der Waals surface area contributed by atoms with Gasteiger partial charge in [0.15, 0.2) is 0 Å². The van der Waals surface area contributed by atoms with Crippen LogP contribution in [0.4, 0.5) is 4.39 Å². The molecule has 2 aromatic rings. The molecule has 3 nitrogen and oxygen atoms in total. The summed E-state index contributed by atoms with van der Waals surface area (Å²) in [5.74, 6) is -0.854. The van der Waals surface area contributed by atoms with Crippen molar-refractivity contribution in [2.45, 2.75) is 24.6 Å². The van der Waals surface area contributed by atoms with Crippen molar-refractivity contribution in [3.05, 3.63) is 59.9 Å². The molecule has 0 fully saturated rings. The number of nitriles is 1. The summed E-state index contributed by atoms with van der Waals surface area (Å²) in [6.07, 6.45) is 0.799. The summed E-state index contributed by atoms with van der Waals surface area (Å²) in [6, 6.07) is 14.3. The van der Waals surface area contributed by atoms with Gasteiger partial charge in [0.05, 0.1) is 0 Å². The Balaban J connectivity index is 2.00. The Hall–Kier alpha value is -2.15. The van der Waals surface area contributed by atoms with E-state index in [1.165, 1.54) is 6.07 Å². The summed E-state index contributed by atoms with van der Waals surface area (Å²) in [5, 5.41) is 12.2. The number of hydrogen-bond acceptors (Lipinski definition) is 2. The molecule has 0 saturated carbocycles. The van der Waals surface area contributed by atoms with E-state index >= 15 is 0 Å². The Labute approximate surface area is 148 Å². The molecule has 2 aromatic carbocycles. The number of nitrogens with one attached hydrogen (secondary N) is 1. The van der Waals surface area contributed by atoms with Crippen molar-refractivity contribution >= 4 is 20.9 Å². The first-order valence-electron chi connectivity index (χ1n) is 7.77. The van der Waals surface area contributed by atoms with Crippen LogP contribution in [0.25, 0.3) is 11.1 Å². The van der Waals surface area contributed by atoms with Crippen LogP contribution in [0.3, 0.4) is 0 Å². The van der Waals surface area contributed by atoms with Crippen LogP contribution in [0.1, 0.15) is 24.8 Å². The van der Waals surface area contributed by atoms with E-state index < -0.39 is 5.92 Å². The number of nitrogens with zero attached hydrogens (tertiary/aromatic N) is 1. The fourth-order valence-electron chi connectivity index (χ4n) is 2.36. The van der Waals surface area contributed by atoms with Crippen molar-refractivity contribution in [2.75, 3.05) is 6.54 Å². The summed E-state index contributed by atoms with van der Waals surface area (Å²) in [6.45, 7) is 2.32. The molecule has 0 aliphatic carbocycles. The van der Waals surface area contributed by atoms with Crippen LogP contribution in [-0.4, -0.2) is 27.4 Å². The first-order chi connectivity index (χ1) is 11.6. The molecule has 1 unspecified atom stereocenters. The molecule has 2 rings (SSSR count). The second-order valence-electron chi connectivity index (χ2n) is 5.41. The predicted molar refractivity (Wildman–Crippen MR) is 94.1 cm³/mol. The van der Waals surface area contributed by atoms with Crippen LogP contribution >= 0.6 is 0 Å². The Kier molecular flexibility index (Phi) is 6.99. The number of hydrogen-bond donors (Lipinski definition) is 1. The molecule has 24 heavy (non-hydrogen) atoms. The van der Waals surface area contributed by atoms with E-state index in [1.54, 1.807) is 19.1 Å². The maximum atomic E-state index is 14.4. The van der Waals surface area contributed by atoms with Gasteiger partial charge in [0.2, 0.25) is 0 Å². The average molecular weight is 389 g/mol. The second-order valence-corrected chi connectivity index (χ2v) is 7.26. The van der Waals surface area contributed by atoms with Crippen LogP contribution in [-0.2, 0) is 4.79 Å². The van der Waals surface area contributed by atoms with Crippen molar-refractivity contribution in [1.29, 1.82) is 5.26 Å². The zero-order chi connectivity index (χ0) is 17.4. The number of halogens is 1. The molecule has 0 radical (unpaired) electrons. The summed E-state index contributed by atoms with van der Waals surface area (Å²) in [4.78, 5) is 14.3. The van der Waals surface area contributed by atoms with E-state index in [2.05, 4.69) is 10.3 Å². The molecular formula is C19H19FN2OSe. The summed E-state index contributed by atoms with van der Waals surface area (Å²) in [7, 11) is 0. The van der Waals surface area contributed by atoms with Gasteiger partial charge >= 0.3 is 130 Å². The molecule has 1 N–H and O–H groups in total. The Morgan fingerprint density at radius 1 is 1.29 bits per heavy atom. The van der Waals surface area contributed by atoms with Gasteiger partial charge in [0.1, 0.15) is 0 Å². The topological polar surface area (TPSA) is 52.9 Å². The Morgan fingerprint density at radius 2 is 2.04 bits per heavy atom. The van der Waals surface area contributed by atoms with Crippen LogP contribution in [0.15, 0.2) is 48.5 Å². The number of carbonyl (C=O) groups is 1. The number of benzene rings is 2. The fraction of sp³-hybridized carbons (Fsp3) is 0.263. The van der Waals surface area contributed by atoms with E-state index in [0.29, 0.717) is 17.7 Å². The zero-order valence-electron chi connectivity index (χ0n) is 13.5. The Morgan fingerprint density at radius 3 is 2.71 bits per heavy atom. The number of amides is 1. The maximum absolute atomic E-state index is 14.4. The SMILES string of the molecule is CC(C(=O)NCCC[Se]C#N)c1ccc(-c2ccccc2)c(F)c1. The molecule has 0 aliphatic heterocycles. The van der Waals surface area contributed by atoms with Crippen molar-refractivity contribution in [3.63, 3.8) is 0 Å². The van der Waals surface area contributed by atoms with Gasteiger partial charge in [-0.1, -0.05) is 18.2 Å². The van der Waals surface area contributed by atoms with Gasteiger partial charge < -0.3 is 0 Å². The number of carbonyl (C=O) groups excluding carboxylic acids is 1. The van der Waals surface area contributed by atoms with E-state index in [-0.39, 0.29) is 26.7 Å². The summed E-state index contributed by atoms with van der Waals surface area (Å²) < 4.78 is 14.4. The van der Waals surface area contributed by atoms with E-state index in [4.69, 9.17) is 5.26 Å². The molecule has 1 amide bonds. The van der Waals surface area contributed by atoms with Gasteiger partial charge in [-0.3, -0.25) is 0 Å². The molecular weight excluding hydrogens is 370 g/mol. The van der Waals surface area contributed by atoms with Crippen molar-refractivity contribution < 1.29 is 9.18 Å². The van der Waals surface area contributed by atoms with Crippen LogP contribution in [0.5, 0.6) is 0 Å². The molecule has 0 aromatic heterocycles. The van der Waals surface area contributed by atoms with E-state index in [0.717, 1.165) is 17.3 Å². The van der Waals surface area contributed by atoms with Crippen molar-refractivity contribution in [2.24, 2.45) is 0 Å². The normalized spacial score (nSPS) is 11.5. The third kappa shape index (κ3) is 4.92. The molecule has 1 atom stereocenters. The number of rotatable bonds is 7.